The van der Waals surface area contributed by atoms with Crippen LogP contribution in [0, 0.1) is 5.82 Å². The minimum Gasteiger partial charge on any atom is -0.492 e. The van der Waals surface area contributed by atoms with Crippen LogP contribution in [-0.4, -0.2) is 17.5 Å². The summed E-state index contributed by atoms with van der Waals surface area (Å²) in [7, 11) is 0. The molecule has 118 valence electrons. The van der Waals surface area contributed by atoms with Crippen molar-refractivity contribution in [2.75, 3.05) is 11.9 Å². The van der Waals surface area contributed by atoms with E-state index in [0.29, 0.717) is 18.0 Å². The van der Waals surface area contributed by atoms with Crippen LogP contribution in [0.15, 0.2) is 48.7 Å². The molecule has 2 aromatic carbocycles. The molecule has 5 heteroatoms. The third-order valence-electron chi connectivity index (χ3n) is 3.54. The van der Waals surface area contributed by atoms with E-state index < -0.39 is 5.82 Å². The molecule has 0 radical (unpaired) electrons. The van der Waals surface area contributed by atoms with Crippen molar-refractivity contribution in [1.29, 1.82) is 0 Å². The molecule has 2 N–H and O–H groups in total. The highest BCUT2D eigenvalue weighted by atomic mass is 19.1. The van der Waals surface area contributed by atoms with E-state index in [1.807, 2.05) is 37.4 Å². The largest absolute Gasteiger partial charge is 0.492 e. The Morgan fingerprint density at radius 1 is 1.26 bits per heavy atom. The Balaban J connectivity index is 1.77. The zero-order valence-electron chi connectivity index (χ0n) is 12.7. The number of para-hydroxylation sites is 1. The molecule has 3 aromatic rings. The van der Waals surface area contributed by atoms with Gasteiger partial charge in [0.25, 0.3) is 0 Å². The first-order chi connectivity index (χ1) is 11.2. The van der Waals surface area contributed by atoms with Gasteiger partial charge in [0.1, 0.15) is 11.6 Å². The van der Waals surface area contributed by atoms with Gasteiger partial charge >= 0.3 is 0 Å². The molecule has 0 aliphatic heterocycles. The van der Waals surface area contributed by atoms with E-state index in [1.54, 1.807) is 0 Å². The number of carbonyl (C=O) groups excluding carboxylic acids is 1. The molecular weight excluding hydrogens is 295 g/mol. The summed E-state index contributed by atoms with van der Waals surface area (Å²) < 4.78 is 18.7. The van der Waals surface area contributed by atoms with Crippen LogP contribution in [-0.2, 0) is 11.2 Å². The number of ether oxygens (including phenoxy) is 1. The Bertz CT molecular complexity index is 842. The average Bonchev–Trinajstić information content (AvgIpc) is 2.93. The first-order valence-corrected chi connectivity index (χ1v) is 7.44. The monoisotopic (exact) mass is 312 g/mol. The predicted molar refractivity (Wildman–Crippen MR) is 88.2 cm³/mol. The zero-order chi connectivity index (χ0) is 16.2. The van der Waals surface area contributed by atoms with Crippen LogP contribution < -0.4 is 10.1 Å². The fourth-order valence-corrected chi connectivity index (χ4v) is 2.52. The first kappa shape index (κ1) is 15.1. The molecule has 3 rings (SSSR count). The number of fused-ring (bicyclic) bond motifs is 1. The maximum absolute atomic E-state index is 13.3. The molecule has 0 saturated carbocycles. The quantitative estimate of drug-likeness (QED) is 0.751. The second-order valence-electron chi connectivity index (χ2n) is 5.16. The molecule has 1 amide bonds. The minimum atomic E-state index is -0.400. The maximum Gasteiger partial charge on any atom is 0.228 e. The summed E-state index contributed by atoms with van der Waals surface area (Å²) in [5.41, 5.74) is 2.38. The van der Waals surface area contributed by atoms with E-state index in [2.05, 4.69) is 10.3 Å². The van der Waals surface area contributed by atoms with Crippen LogP contribution in [0.25, 0.3) is 10.9 Å². The number of carbonyl (C=O) groups is 1. The van der Waals surface area contributed by atoms with Gasteiger partial charge in [0.05, 0.1) is 18.7 Å². The highest BCUT2D eigenvalue weighted by Gasteiger charge is 2.12. The lowest BCUT2D eigenvalue weighted by atomic mass is 10.1. The Morgan fingerprint density at radius 2 is 2.09 bits per heavy atom. The van der Waals surface area contributed by atoms with E-state index in [1.165, 1.54) is 18.2 Å². The summed E-state index contributed by atoms with van der Waals surface area (Å²) in [5.74, 6) is -0.245. The number of anilines is 1. The van der Waals surface area contributed by atoms with Crippen LogP contribution in [0.2, 0.25) is 0 Å². The van der Waals surface area contributed by atoms with Crippen LogP contribution >= 0.6 is 0 Å². The number of halogens is 1. The number of rotatable bonds is 5. The SMILES string of the molecule is CCOc1cc(F)ccc1NC(=O)Cc1c[nH]c2ccccc12. The van der Waals surface area contributed by atoms with Crippen molar-refractivity contribution in [1.82, 2.24) is 4.98 Å². The maximum atomic E-state index is 13.3. The molecular formula is C18H17FN2O2. The Hall–Kier alpha value is -2.82. The van der Waals surface area contributed by atoms with E-state index in [9.17, 15) is 9.18 Å². The molecule has 0 saturated heterocycles. The van der Waals surface area contributed by atoms with E-state index in [0.717, 1.165) is 16.5 Å². The second-order valence-corrected chi connectivity index (χ2v) is 5.16. The molecule has 0 aliphatic rings. The number of hydrogen-bond donors (Lipinski definition) is 2. The summed E-state index contributed by atoms with van der Waals surface area (Å²) in [4.78, 5) is 15.4. The molecule has 0 spiro atoms. The number of H-pyrrole nitrogens is 1. The van der Waals surface area contributed by atoms with Gasteiger partial charge in [0.15, 0.2) is 0 Å². The van der Waals surface area contributed by atoms with Crippen LogP contribution in [0.3, 0.4) is 0 Å². The highest BCUT2D eigenvalue weighted by Crippen LogP contribution is 2.26. The van der Waals surface area contributed by atoms with E-state index in [4.69, 9.17) is 4.74 Å². The lowest BCUT2D eigenvalue weighted by molar-refractivity contribution is -0.115. The van der Waals surface area contributed by atoms with Crippen molar-refractivity contribution in [3.63, 3.8) is 0 Å². The number of hydrogen-bond acceptors (Lipinski definition) is 2. The lowest BCUT2D eigenvalue weighted by Gasteiger charge is -2.11. The molecule has 1 heterocycles. The van der Waals surface area contributed by atoms with Crippen molar-refractivity contribution in [3.8, 4) is 5.75 Å². The molecule has 4 nitrogen and oxygen atoms in total. The van der Waals surface area contributed by atoms with Crippen molar-refractivity contribution in [3.05, 3.63) is 60.0 Å². The normalized spacial score (nSPS) is 10.7. The van der Waals surface area contributed by atoms with Gasteiger partial charge in [-0.2, -0.15) is 0 Å². The molecule has 0 atom stereocenters. The summed E-state index contributed by atoms with van der Waals surface area (Å²) in [6.45, 7) is 2.21. The van der Waals surface area contributed by atoms with Crippen LogP contribution in [0.5, 0.6) is 5.75 Å². The smallest absolute Gasteiger partial charge is 0.228 e. The van der Waals surface area contributed by atoms with Gasteiger partial charge in [0.2, 0.25) is 5.91 Å². The van der Waals surface area contributed by atoms with Crippen molar-refractivity contribution < 1.29 is 13.9 Å². The van der Waals surface area contributed by atoms with Gasteiger partial charge in [-0.05, 0) is 30.7 Å². The third-order valence-corrected chi connectivity index (χ3v) is 3.54. The molecule has 0 aliphatic carbocycles. The van der Waals surface area contributed by atoms with Crippen LogP contribution in [0.1, 0.15) is 12.5 Å². The van der Waals surface area contributed by atoms with E-state index >= 15 is 0 Å². The fraction of sp³-hybridized carbons (Fsp3) is 0.167. The molecule has 1 aromatic heterocycles. The van der Waals surface area contributed by atoms with Crippen molar-refractivity contribution in [2.24, 2.45) is 0 Å². The fourth-order valence-electron chi connectivity index (χ4n) is 2.52. The van der Waals surface area contributed by atoms with Gasteiger partial charge in [-0.15, -0.1) is 0 Å². The lowest BCUT2D eigenvalue weighted by Crippen LogP contribution is -2.15. The third kappa shape index (κ3) is 3.34. The summed E-state index contributed by atoms with van der Waals surface area (Å²) in [6.07, 6.45) is 2.06. The van der Waals surface area contributed by atoms with Gasteiger partial charge < -0.3 is 15.0 Å². The topological polar surface area (TPSA) is 54.1 Å². The Kier molecular flexibility index (Phi) is 4.28. The molecule has 23 heavy (non-hydrogen) atoms. The standard InChI is InChI=1S/C18H17FN2O2/c1-2-23-17-10-13(19)7-8-16(17)21-18(22)9-12-11-20-15-6-4-3-5-14(12)15/h3-8,10-11,20H,2,9H2,1H3,(H,21,22). The Morgan fingerprint density at radius 3 is 2.91 bits per heavy atom. The van der Waals surface area contributed by atoms with Gasteiger partial charge in [-0.25, -0.2) is 4.39 Å². The van der Waals surface area contributed by atoms with E-state index in [-0.39, 0.29) is 12.3 Å². The second kappa shape index (κ2) is 6.52. The highest BCUT2D eigenvalue weighted by molar-refractivity contribution is 5.96. The first-order valence-electron chi connectivity index (χ1n) is 7.44. The average molecular weight is 312 g/mol. The van der Waals surface area contributed by atoms with Crippen LogP contribution in [0.4, 0.5) is 10.1 Å². The number of aromatic nitrogens is 1. The molecule has 0 fully saturated rings. The number of amides is 1. The Labute approximate surface area is 133 Å². The molecule has 0 bridgehead atoms. The number of nitrogens with one attached hydrogen (secondary N) is 2. The molecule has 0 unspecified atom stereocenters. The van der Waals surface area contributed by atoms with Gasteiger partial charge in [-0.1, -0.05) is 18.2 Å². The summed E-state index contributed by atoms with van der Waals surface area (Å²) >= 11 is 0. The van der Waals surface area contributed by atoms with Crippen molar-refractivity contribution >= 4 is 22.5 Å². The van der Waals surface area contributed by atoms with Crippen molar-refractivity contribution in [2.45, 2.75) is 13.3 Å². The minimum absolute atomic E-state index is 0.178. The summed E-state index contributed by atoms with van der Waals surface area (Å²) in [5, 5.41) is 3.80. The summed E-state index contributed by atoms with van der Waals surface area (Å²) in [6, 6.07) is 11.9. The van der Waals surface area contributed by atoms with Gasteiger partial charge in [0, 0.05) is 23.2 Å². The number of benzene rings is 2. The zero-order valence-corrected chi connectivity index (χ0v) is 12.7. The number of aromatic amines is 1. The predicted octanol–water partition coefficient (Wildman–Crippen LogP) is 3.89. The van der Waals surface area contributed by atoms with Gasteiger partial charge in [-0.3, -0.25) is 4.79 Å².